The number of benzene rings is 2. The molecular formula is C21H18O3. The molecule has 3 heteroatoms. The molecule has 0 aromatic heterocycles. The third-order valence-corrected chi connectivity index (χ3v) is 5.30. The molecule has 2 aliphatic heterocycles. The number of rotatable bonds is 1. The quantitative estimate of drug-likeness (QED) is 0.779. The number of carbonyl (C=O) groups is 1. The van der Waals surface area contributed by atoms with Crippen LogP contribution < -0.4 is 4.74 Å². The van der Waals surface area contributed by atoms with E-state index in [4.69, 9.17) is 9.47 Å². The van der Waals surface area contributed by atoms with E-state index in [2.05, 4.69) is 6.07 Å². The first kappa shape index (κ1) is 13.8. The summed E-state index contributed by atoms with van der Waals surface area (Å²) in [6.45, 7) is 0. The van der Waals surface area contributed by atoms with E-state index in [1.54, 1.807) is 0 Å². The van der Waals surface area contributed by atoms with Gasteiger partial charge in [0, 0.05) is 41.9 Å². The molecule has 0 radical (unpaired) electrons. The van der Waals surface area contributed by atoms with Gasteiger partial charge in [-0.2, -0.15) is 0 Å². The average molecular weight is 318 g/mol. The second kappa shape index (κ2) is 4.97. The van der Waals surface area contributed by atoms with Crippen molar-refractivity contribution in [1.82, 2.24) is 0 Å². The molecule has 24 heavy (non-hydrogen) atoms. The third kappa shape index (κ3) is 1.87. The van der Waals surface area contributed by atoms with E-state index in [0.717, 1.165) is 41.1 Å². The zero-order valence-corrected chi connectivity index (χ0v) is 13.3. The minimum Gasteiger partial charge on any atom is -0.452 e. The highest BCUT2D eigenvalue weighted by Crippen LogP contribution is 2.55. The smallest absolute Gasteiger partial charge is 0.278 e. The zero-order valence-electron chi connectivity index (χ0n) is 13.3. The van der Waals surface area contributed by atoms with Crippen LogP contribution >= 0.6 is 0 Å². The molecule has 2 aromatic carbocycles. The standard InChI is InChI=1S/C21H18O3/c22-17-10-6-12-19-20(17)16-13-21(24-19,14-7-2-1-3-8-14)23-18-11-5-4-9-15(16)18/h1-5,7-9,11,16H,6,10,12-13H2/t16-,21-/m0/s1. The van der Waals surface area contributed by atoms with Gasteiger partial charge in [-0.05, 0) is 12.5 Å². The van der Waals surface area contributed by atoms with E-state index in [-0.39, 0.29) is 11.7 Å². The van der Waals surface area contributed by atoms with E-state index in [1.807, 2.05) is 48.5 Å². The summed E-state index contributed by atoms with van der Waals surface area (Å²) in [5.41, 5.74) is 2.99. The molecule has 5 rings (SSSR count). The molecule has 2 aromatic rings. The Morgan fingerprint density at radius 2 is 1.71 bits per heavy atom. The first-order valence-electron chi connectivity index (χ1n) is 8.55. The molecule has 2 atom stereocenters. The van der Waals surface area contributed by atoms with Crippen LogP contribution in [0.2, 0.25) is 0 Å². The Bertz CT molecular complexity index is 852. The number of ether oxygens (including phenoxy) is 2. The van der Waals surface area contributed by atoms with E-state index < -0.39 is 5.79 Å². The fourth-order valence-electron chi connectivity index (χ4n) is 4.24. The summed E-state index contributed by atoms with van der Waals surface area (Å²) >= 11 is 0. The van der Waals surface area contributed by atoms with Crippen LogP contribution in [-0.4, -0.2) is 5.78 Å². The van der Waals surface area contributed by atoms with Crippen molar-refractivity contribution in [2.45, 2.75) is 37.4 Å². The lowest BCUT2D eigenvalue weighted by molar-refractivity contribution is -0.193. The maximum Gasteiger partial charge on any atom is 0.278 e. The van der Waals surface area contributed by atoms with Crippen LogP contribution in [0.3, 0.4) is 0 Å². The molecule has 2 bridgehead atoms. The van der Waals surface area contributed by atoms with Crippen molar-refractivity contribution in [1.29, 1.82) is 0 Å². The van der Waals surface area contributed by atoms with Crippen molar-refractivity contribution in [2.24, 2.45) is 0 Å². The lowest BCUT2D eigenvalue weighted by Gasteiger charge is -2.48. The fourth-order valence-corrected chi connectivity index (χ4v) is 4.24. The Balaban J connectivity index is 1.74. The normalized spacial score (nSPS) is 27.7. The molecule has 0 fully saturated rings. The van der Waals surface area contributed by atoms with Gasteiger partial charge in [0.05, 0.1) is 0 Å². The molecule has 0 saturated carbocycles. The molecule has 0 saturated heterocycles. The van der Waals surface area contributed by atoms with E-state index in [1.165, 1.54) is 0 Å². The molecular weight excluding hydrogens is 300 g/mol. The van der Waals surface area contributed by atoms with Gasteiger partial charge < -0.3 is 9.47 Å². The Morgan fingerprint density at radius 1 is 0.917 bits per heavy atom. The molecule has 2 heterocycles. The maximum atomic E-state index is 12.6. The predicted molar refractivity (Wildman–Crippen MR) is 89.5 cm³/mol. The zero-order chi connectivity index (χ0) is 16.1. The topological polar surface area (TPSA) is 35.5 Å². The first-order chi connectivity index (χ1) is 11.8. The van der Waals surface area contributed by atoms with Crippen LogP contribution in [0, 0.1) is 0 Å². The van der Waals surface area contributed by atoms with Crippen LogP contribution in [0.25, 0.3) is 0 Å². The van der Waals surface area contributed by atoms with Crippen LogP contribution in [0.5, 0.6) is 5.75 Å². The number of carbonyl (C=O) groups excluding carboxylic acids is 1. The number of fused-ring (bicyclic) bond motifs is 5. The van der Waals surface area contributed by atoms with Gasteiger partial charge in [0.25, 0.3) is 5.79 Å². The van der Waals surface area contributed by atoms with E-state index >= 15 is 0 Å². The summed E-state index contributed by atoms with van der Waals surface area (Å²) < 4.78 is 12.8. The van der Waals surface area contributed by atoms with Crippen LogP contribution in [0.4, 0.5) is 0 Å². The summed E-state index contributed by atoms with van der Waals surface area (Å²) in [5.74, 6) is 1.13. The Morgan fingerprint density at radius 3 is 2.58 bits per heavy atom. The minimum atomic E-state index is -0.823. The summed E-state index contributed by atoms with van der Waals surface area (Å²) in [5, 5.41) is 0. The molecule has 3 nitrogen and oxygen atoms in total. The largest absolute Gasteiger partial charge is 0.452 e. The number of hydrogen-bond acceptors (Lipinski definition) is 3. The number of hydrogen-bond donors (Lipinski definition) is 0. The highest BCUT2D eigenvalue weighted by molar-refractivity contribution is 5.98. The lowest BCUT2D eigenvalue weighted by Crippen LogP contribution is -2.46. The third-order valence-electron chi connectivity index (χ3n) is 5.30. The van der Waals surface area contributed by atoms with Crippen molar-refractivity contribution < 1.29 is 14.3 Å². The van der Waals surface area contributed by atoms with Crippen LogP contribution in [0.15, 0.2) is 65.9 Å². The monoisotopic (exact) mass is 318 g/mol. The molecule has 0 N–H and O–H groups in total. The van der Waals surface area contributed by atoms with Gasteiger partial charge in [0.2, 0.25) is 0 Å². The minimum absolute atomic E-state index is 0.0618. The van der Waals surface area contributed by atoms with Crippen molar-refractivity contribution in [2.75, 3.05) is 0 Å². The van der Waals surface area contributed by atoms with Gasteiger partial charge in [-0.15, -0.1) is 0 Å². The number of para-hydroxylation sites is 1. The highest BCUT2D eigenvalue weighted by Gasteiger charge is 2.52. The van der Waals surface area contributed by atoms with Gasteiger partial charge in [-0.25, -0.2) is 0 Å². The van der Waals surface area contributed by atoms with Crippen LogP contribution in [-0.2, 0) is 15.3 Å². The molecule has 1 aliphatic carbocycles. The Kier molecular flexibility index (Phi) is 2.87. The summed E-state index contributed by atoms with van der Waals surface area (Å²) in [4.78, 5) is 12.6. The summed E-state index contributed by atoms with van der Waals surface area (Å²) in [7, 11) is 0. The number of ketones is 1. The molecule has 3 aliphatic rings. The van der Waals surface area contributed by atoms with Gasteiger partial charge in [0.15, 0.2) is 5.78 Å². The Hall–Kier alpha value is -2.55. The second-order valence-electron chi connectivity index (χ2n) is 6.73. The fraction of sp³-hybridized carbons (Fsp3) is 0.286. The SMILES string of the molecule is O=C1CCCC2=C1[C@H]1C[C@@](c3ccccc3)(O2)Oc2ccccc21. The van der Waals surface area contributed by atoms with Crippen molar-refractivity contribution in [3.05, 3.63) is 77.1 Å². The van der Waals surface area contributed by atoms with Gasteiger partial charge in [0.1, 0.15) is 11.5 Å². The lowest BCUT2D eigenvalue weighted by atomic mass is 9.74. The van der Waals surface area contributed by atoms with Gasteiger partial charge >= 0.3 is 0 Å². The van der Waals surface area contributed by atoms with E-state index in [9.17, 15) is 4.79 Å². The summed E-state index contributed by atoms with van der Waals surface area (Å²) in [6.07, 6.45) is 2.95. The molecule has 120 valence electrons. The molecule has 0 amide bonds. The number of Topliss-reactive ketones (excluding diaryl/α,β-unsaturated/α-hetero) is 1. The van der Waals surface area contributed by atoms with Gasteiger partial charge in [-0.1, -0.05) is 48.5 Å². The maximum absolute atomic E-state index is 12.6. The van der Waals surface area contributed by atoms with Crippen molar-refractivity contribution >= 4 is 5.78 Å². The van der Waals surface area contributed by atoms with Gasteiger partial charge in [-0.3, -0.25) is 4.79 Å². The second-order valence-corrected chi connectivity index (χ2v) is 6.73. The predicted octanol–water partition coefficient (Wildman–Crippen LogP) is 4.44. The average Bonchev–Trinajstić information content (AvgIpc) is 2.62. The molecule has 0 spiro atoms. The van der Waals surface area contributed by atoms with Crippen molar-refractivity contribution in [3.8, 4) is 5.75 Å². The highest BCUT2D eigenvalue weighted by atomic mass is 16.7. The van der Waals surface area contributed by atoms with Crippen molar-refractivity contribution in [3.63, 3.8) is 0 Å². The van der Waals surface area contributed by atoms with Crippen LogP contribution in [0.1, 0.15) is 42.7 Å². The Labute approximate surface area is 140 Å². The first-order valence-corrected chi connectivity index (χ1v) is 8.55. The summed E-state index contributed by atoms with van der Waals surface area (Å²) in [6, 6.07) is 18.1. The number of allylic oxidation sites excluding steroid dienone is 2. The van der Waals surface area contributed by atoms with E-state index in [0.29, 0.717) is 12.8 Å². The molecule has 0 unspecified atom stereocenters.